The maximum atomic E-state index is 12.0. The average Bonchev–Trinajstić information content (AvgIpc) is 2.36. The largest absolute Gasteiger partial charge is 0.465 e. The Hall–Kier alpha value is -1.97. The molecule has 0 bridgehead atoms. The van der Waals surface area contributed by atoms with Gasteiger partial charge in [-0.3, -0.25) is 9.59 Å². The predicted octanol–water partition coefficient (Wildman–Crippen LogP) is 1.64. The molecule has 0 fully saturated rings. The molecule has 1 aromatic rings. The predicted molar refractivity (Wildman–Crippen MR) is 61.6 cm³/mol. The van der Waals surface area contributed by atoms with E-state index < -0.39 is 11.9 Å². The Balaban J connectivity index is 2.87. The summed E-state index contributed by atoms with van der Waals surface area (Å²) in [6, 6.07) is 8.40. The molecular formula is C13H14O4. The van der Waals surface area contributed by atoms with Gasteiger partial charge in [0.25, 0.3) is 0 Å². The number of aldehydes is 1. The number of hydrogen-bond acceptors (Lipinski definition) is 4. The average molecular weight is 234 g/mol. The summed E-state index contributed by atoms with van der Waals surface area (Å²) in [4.78, 5) is 34.0. The molecule has 1 aromatic carbocycles. The SMILES string of the molecule is CCOC(=O)C(CC=O)C(=O)c1ccccc1. The molecule has 0 aliphatic rings. The standard InChI is InChI=1S/C13H14O4/c1-2-17-13(16)11(8-9-14)12(15)10-6-4-3-5-7-10/h3-7,9,11H,2,8H2,1H3. The fourth-order valence-electron chi connectivity index (χ4n) is 1.45. The molecule has 1 atom stereocenters. The van der Waals surface area contributed by atoms with Gasteiger partial charge in [-0.25, -0.2) is 0 Å². The summed E-state index contributed by atoms with van der Waals surface area (Å²) in [6.45, 7) is 1.85. The van der Waals surface area contributed by atoms with Gasteiger partial charge in [-0.2, -0.15) is 0 Å². The van der Waals surface area contributed by atoms with Gasteiger partial charge in [-0.15, -0.1) is 0 Å². The van der Waals surface area contributed by atoms with Crippen molar-refractivity contribution < 1.29 is 19.1 Å². The van der Waals surface area contributed by atoms with Crippen LogP contribution in [0.5, 0.6) is 0 Å². The minimum Gasteiger partial charge on any atom is -0.465 e. The van der Waals surface area contributed by atoms with E-state index in [0.29, 0.717) is 11.8 Å². The van der Waals surface area contributed by atoms with E-state index in [1.165, 1.54) is 0 Å². The second-order valence-electron chi connectivity index (χ2n) is 3.44. The summed E-state index contributed by atoms with van der Waals surface area (Å²) in [6.07, 6.45) is 0.412. The lowest BCUT2D eigenvalue weighted by Gasteiger charge is -2.11. The Morgan fingerprint density at radius 2 is 1.94 bits per heavy atom. The van der Waals surface area contributed by atoms with Crippen molar-refractivity contribution in [3.8, 4) is 0 Å². The van der Waals surface area contributed by atoms with Crippen LogP contribution in [0.25, 0.3) is 0 Å². The van der Waals surface area contributed by atoms with E-state index in [-0.39, 0.29) is 18.8 Å². The molecule has 17 heavy (non-hydrogen) atoms. The topological polar surface area (TPSA) is 60.4 Å². The normalized spacial score (nSPS) is 11.6. The van der Waals surface area contributed by atoms with Gasteiger partial charge in [0.05, 0.1) is 6.61 Å². The third-order valence-corrected chi connectivity index (χ3v) is 2.28. The number of carbonyl (C=O) groups excluding carboxylic acids is 3. The van der Waals surface area contributed by atoms with Crippen LogP contribution >= 0.6 is 0 Å². The highest BCUT2D eigenvalue weighted by atomic mass is 16.5. The van der Waals surface area contributed by atoms with E-state index in [9.17, 15) is 14.4 Å². The van der Waals surface area contributed by atoms with Crippen LogP contribution in [-0.4, -0.2) is 24.6 Å². The second kappa shape index (κ2) is 6.58. The molecule has 0 saturated carbocycles. The molecule has 4 heteroatoms. The van der Waals surface area contributed by atoms with Crippen LogP contribution in [-0.2, 0) is 14.3 Å². The highest BCUT2D eigenvalue weighted by Gasteiger charge is 2.28. The van der Waals surface area contributed by atoms with Gasteiger partial charge in [0, 0.05) is 12.0 Å². The first-order chi connectivity index (χ1) is 8.20. The van der Waals surface area contributed by atoms with Crippen molar-refractivity contribution in [3.05, 3.63) is 35.9 Å². The Morgan fingerprint density at radius 3 is 2.47 bits per heavy atom. The Morgan fingerprint density at radius 1 is 1.29 bits per heavy atom. The van der Waals surface area contributed by atoms with Gasteiger partial charge in [0.2, 0.25) is 0 Å². The number of ketones is 1. The fourth-order valence-corrected chi connectivity index (χ4v) is 1.45. The zero-order chi connectivity index (χ0) is 12.7. The number of esters is 1. The maximum absolute atomic E-state index is 12.0. The van der Waals surface area contributed by atoms with Crippen LogP contribution in [0.3, 0.4) is 0 Å². The first-order valence-electron chi connectivity index (χ1n) is 5.40. The summed E-state index contributed by atoms with van der Waals surface area (Å²) in [5, 5.41) is 0. The molecule has 0 N–H and O–H groups in total. The molecule has 0 saturated heterocycles. The van der Waals surface area contributed by atoms with Crippen molar-refractivity contribution in [1.29, 1.82) is 0 Å². The highest BCUT2D eigenvalue weighted by Crippen LogP contribution is 2.13. The molecule has 1 unspecified atom stereocenters. The third-order valence-electron chi connectivity index (χ3n) is 2.28. The number of Topliss-reactive ketones (excluding diaryl/α,β-unsaturated/α-hetero) is 1. The van der Waals surface area contributed by atoms with E-state index in [1.807, 2.05) is 0 Å². The minimum atomic E-state index is -1.03. The van der Waals surface area contributed by atoms with E-state index in [2.05, 4.69) is 0 Å². The lowest BCUT2D eigenvalue weighted by Crippen LogP contribution is -2.26. The van der Waals surface area contributed by atoms with Crippen molar-refractivity contribution in [2.75, 3.05) is 6.61 Å². The van der Waals surface area contributed by atoms with Crippen molar-refractivity contribution in [3.63, 3.8) is 0 Å². The Bertz CT molecular complexity index is 397. The highest BCUT2D eigenvalue weighted by molar-refractivity contribution is 6.09. The van der Waals surface area contributed by atoms with Crippen molar-refractivity contribution in [1.82, 2.24) is 0 Å². The van der Waals surface area contributed by atoms with Crippen LogP contribution < -0.4 is 0 Å². The number of rotatable bonds is 6. The Labute approximate surface area is 99.6 Å². The number of benzene rings is 1. The van der Waals surface area contributed by atoms with Crippen LogP contribution in [0.2, 0.25) is 0 Å². The zero-order valence-corrected chi connectivity index (χ0v) is 9.59. The maximum Gasteiger partial charge on any atom is 0.317 e. The van der Waals surface area contributed by atoms with Crippen molar-refractivity contribution in [2.24, 2.45) is 5.92 Å². The molecule has 0 heterocycles. The zero-order valence-electron chi connectivity index (χ0n) is 9.59. The summed E-state index contributed by atoms with van der Waals surface area (Å²) >= 11 is 0. The van der Waals surface area contributed by atoms with Crippen molar-refractivity contribution in [2.45, 2.75) is 13.3 Å². The number of carbonyl (C=O) groups is 3. The van der Waals surface area contributed by atoms with Crippen LogP contribution in [0, 0.1) is 5.92 Å². The van der Waals surface area contributed by atoms with E-state index >= 15 is 0 Å². The first kappa shape index (κ1) is 13.1. The molecule has 0 aliphatic carbocycles. The summed E-state index contributed by atoms with van der Waals surface area (Å²) in [5.41, 5.74) is 0.410. The molecule has 0 radical (unpaired) electrons. The van der Waals surface area contributed by atoms with Gasteiger partial charge in [-0.1, -0.05) is 30.3 Å². The first-order valence-corrected chi connectivity index (χ1v) is 5.40. The lowest BCUT2D eigenvalue weighted by molar-refractivity contribution is -0.147. The second-order valence-corrected chi connectivity index (χ2v) is 3.44. The van der Waals surface area contributed by atoms with Gasteiger partial charge < -0.3 is 9.53 Å². The fraction of sp³-hybridized carbons (Fsp3) is 0.308. The van der Waals surface area contributed by atoms with E-state index in [4.69, 9.17) is 4.74 Å². The lowest BCUT2D eigenvalue weighted by atomic mass is 9.95. The molecular weight excluding hydrogens is 220 g/mol. The monoisotopic (exact) mass is 234 g/mol. The number of hydrogen-bond donors (Lipinski definition) is 0. The van der Waals surface area contributed by atoms with Gasteiger partial charge in [0.1, 0.15) is 12.2 Å². The summed E-state index contributed by atoms with van der Waals surface area (Å²) in [7, 11) is 0. The van der Waals surface area contributed by atoms with E-state index in [0.717, 1.165) is 0 Å². The number of ether oxygens (including phenoxy) is 1. The van der Waals surface area contributed by atoms with E-state index in [1.54, 1.807) is 37.3 Å². The molecule has 4 nitrogen and oxygen atoms in total. The molecule has 0 spiro atoms. The van der Waals surface area contributed by atoms with Crippen LogP contribution in [0.15, 0.2) is 30.3 Å². The quantitative estimate of drug-likeness (QED) is 0.325. The van der Waals surface area contributed by atoms with Crippen molar-refractivity contribution >= 4 is 18.0 Å². The molecule has 0 aromatic heterocycles. The minimum absolute atomic E-state index is 0.146. The summed E-state index contributed by atoms with van der Waals surface area (Å²) < 4.78 is 4.78. The van der Waals surface area contributed by atoms with Crippen LogP contribution in [0.1, 0.15) is 23.7 Å². The molecule has 0 aliphatic heterocycles. The molecule has 90 valence electrons. The molecule has 0 amide bonds. The third kappa shape index (κ3) is 3.52. The summed E-state index contributed by atoms with van der Waals surface area (Å²) in [5.74, 6) is -2.06. The molecule has 1 rings (SSSR count). The van der Waals surface area contributed by atoms with Gasteiger partial charge >= 0.3 is 5.97 Å². The van der Waals surface area contributed by atoms with Gasteiger partial charge in [-0.05, 0) is 6.92 Å². The van der Waals surface area contributed by atoms with Crippen LogP contribution in [0.4, 0.5) is 0 Å². The van der Waals surface area contributed by atoms with Gasteiger partial charge in [0.15, 0.2) is 5.78 Å². The Kier molecular flexibility index (Phi) is 5.07. The smallest absolute Gasteiger partial charge is 0.317 e.